The molecule has 0 saturated carbocycles. The van der Waals surface area contributed by atoms with Crippen LogP contribution in [0, 0.1) is 25.2 Å². The SMILES string of the molecule is Cc1ccc(S(=O)(=O)n2c(C3=CCN(S(C)(=O)=O)CC3)cc3c(N4CCC[C@@H](N5CCc6ccccc6C5=O)C4)ccc(C#N)c32)cc1.Cc1ccc(S(=O)(=O)n2c(C3=CCN(S(C)(=O)=O)CC3)cc3c(N4CCC[C@@H](N5CCc6ccccc6C5=O)C4)ccc(C(N)=O)c32)cc1. The number of hydrogen-bond acceptors (Lipinski definition) is 14. The van der Waals surface area contributed by atoms with E-state index in [0.29, 0.717) is 84.5 Å². The molecule has 6 aromatic carbocycles. The van der Waals surface area contributed by atoms with Crippen LogP contribution in [0.1, 0.15) is 109 Å². The highest BCUT2D eigenvalue weighted by atomic mass is 32.2. The third kappa shape index (κ3) is 12.7. The summed E-state index contributed by atoms with van der Waals surface area (Å²) in [6.07, 6.45) is 11.4. The first kappa shape index (κ1) is 66.7. The number of piperidine rings is 2. The van der Waals surface area contributed by atoms with Gasteiger partial charge in [-0.2, -0.15) is 13.9 Å². The number of nitrogens with two attached hydrogens (primary N) is 1. The first-order valence-electron chi connectivity index (χ1n) is 32.6. The molecule has 8 aromatic rings. The maximum atomic E-state index is 14.6. The van der Waals surface area contributed by atoms with Crippen LogP contribution in [0.3, 0.4) is 0 Å². The van der Waals surface area contributed by atoms with Gasteiger partial charge in [-0.25, -0.2) is 41.6 Å². The second-order valence-corrected chi connectivity index (χ2v) is 33.5. The van der Waals surface area contributed by atoms with Crippen molar-refractivity contribution in [2.75, 3.05) is 87.8 Å². The van der Waals surface area contributed by atoms with Crippen LogP contribution in [0.4, 0.5) is 11.4 Å². The fourth-order valence-corrected chi connectivity index (χ4v) is 19.4. The summed E-state index contributed by atoms with van der Waals surface area (Å²) in [4.78, 5) is 48.6. The minimum absolute atomic E-state index is 0.0212. The quantitative estimate of drug-likeness (QED) is 0.113. The summed E-state index contributed by atoms with van der Waals surface area (Å²) in [5.41, 5.74) is 15.7. The standard InChI is InChI=1S/C36H39N5O6S2.C36H37N5O5S2/c1-24-9-11-28(12-10-24)49(46,47)41-33(26-15-19-39(20-16-26)48(2,44)45)22-31-32(14-13-30(34(31)41)35(37)42)38-18-5-7-27(23-38)40-21-17-25-6-3-4-8-29(25)36(40)43;1-25-9-12-30(13-10-25)48(45,46)41-34(27-15-19-39(20-16-27)47(2,43)44)22-32-33(14-11-28(23-37)35(32)41)38-18-5-7-29(24-38)40-21-17-26-6-3-4-8-31(26)36(40)42/h3-4,6,8-15,22,27H,5,7,16-21,23H2,1-2H3,(H2,37,42);3-4,6,8-15,22,29H,5,7,16-21,24H2,1-2H3/t27-;29-/m11/s1. The lowest BCUT2D eigenvalue weighted by Gasteiger charge is -2.42. The summed E-state index contributed by atoms with van der Waals surface area (Å²) in [6.45, 7) is 8.15. The van der Waals surface area contributed by atoms with Crippen molar-refractivity contribution in [3.63, 3.8) is 0 Å². The van der Waals surface area contributed by atoms with E-state index in [0.717, 1.165) is 95.8 Å². The molecular formula is C72H76N10O11S4. The summed E-state index contributed by atoms with van der Waals surface area (Å²) < 4.78 is 113. The number of carbonyl (C=O) groups is 3. The minimum atomic E-state index is -4.26. The molecule has 21 nitrogen and oxygen atoms in total. The second kappa shape index (κ2) is 26.2. The van der Waals surface area contributed by atoms with Gasteiger partial charge in [0.1, 0.15) is 6.07 Å². The van der Waals surface area contributed by atoms with Crippen LogP contribution in [-0.4, -0.2) is 168 Å². The molecule has 2 fully saturated rings. The number of rotatable bonds is 13. The molecule has 6 aliphatic heterocycles. The van der Waals surface area contributed by atoms with E-state index in [4.69, 9.17) is 5.73 Å². The van der Waals surface area contributed by atoms with Gasteiger partial charge in [-0.05, 0) is 160 Å². The molecule has 2 aromatic heterocycles. The monoisotopic (exact) mass is 1380 g/mol. The molecule has 25 heteroatoms. The number of amides is 3. The van der Waals surface area contributed by atoms with Gasteiger partial charge in [-0.3, -0.25) is 14.4 Å². The Morgan fingerprint density at radius 2 is 0.938 bits per heavy atom. The van der Waals surface area contributed by atoms with Crippen LogP contribution in [0.2, 0.25) is 0 Å². The fraction of sp³-hybridized carbons (Fsp3) is 0.333. The molecular weight excluding hydrogens is 1310 g/mol. The number of hydrogen-bond donors (Lipinski definition) is 1. The Kier molecular flexibility index (Phi) is 18.0. The van der Waals surface area contributed by atoms with E-state index in [9.17, 15) is 53.3 Å². The number of carbonyl (C=O) groups excluding carboxylic acids is 3. The first-order chi connectivity index (χ1) is 46.3. The maximum Gasteiger partial charge on any atom is 0.268 e. The van der Waals surface area contributed by atoms with Crippen molar-refractivity contribution >= 4 is 102 Å². The Morgan fingerprint density at radius 3 is 1.35 bits per heavy atom. The number of aryl methyl sites for hydroxylation is 2. The molecule has 0 aliphatic carbocycles. The molecule has 3 amide bonds. The van der Waals surface area contributed by atoms with Crippen molar-refractivity contribution in [3.05, 3.63) is 202 Å². The summed E-state index contributed by atoms with van der Waals surface area (Å²) >= 11 is 0. The van der Waals surface area contributed by atoms with Crippen molar-refractivity contribution in [2.45, 2.75) is 87.1 Å². The second-order valence-electron chi connectivity index (χ2n) is 26.0. The average molecular weight is 1390 g/mol. The summed E-state index contributed by atoms with van der Waals surface area (Å²) in [6, 6.07) is 41.4. The molecule has 2 atom stereocenters. The number of aromatic nitrogens is 2. The highest BCUT2D eigenvalue weighted by Gasteiger charge is 2.38. The van der Waals surface area contributed by atoms with Crippen molar-refractivity contribution < 1.29 is 48.1 Å². The van der Waals surface area contributed by atoms with Crippen LogP contribution in [0.15, 0.2) is 155 Å². The zero-order valence-corrected chi connectivity index (χ0v) is 57.7. The van der Waals surface area contributed by atoms with E-state index in [2.05, 4.69) is 15.9 Å². The molecule has 8 heterocycles. The molecule has 97 heavy (non-hydrogen) atoms. The topological polar surface area (TPSA) is 267 Å². The molecule has 2 N–H and O–H groups in total. The molecule has 2 saturated heterocycles. The highest BCUT2D eigenvalue weighted by Crippen LogP contribution is 2.43. The molecule has 504 valence electrons. The molecule has 0 unspecified atom stereocenters. The summed E-state index contributed by atoms with van der Waals surface area (Å²) in [7, 11) is -15.3. The third-order valence-corrected chi connectivity index (χ3v) is 25.9. The van der Waals surface area contributed by atoms with Crippen LogP contribution >= 0.6 is 0 Å². The van der Waals surface area contributed by atoms with E-state index < -0.39 is 46.0 Å². The molecule has 0 spiro atoms. The van der Waals surface area contributed by atoms with Crippen molar-refractivity contribution in [2.24, 2.45) is 5.73 Å². The van der Waals surface area contributed by atoms with E-state index in [1.165, 1.54) is 28.7 Å². The lowest BCUT2D eigenvalue weighted by atomic mass is 9.95. The van der Waals surface area contributed by atoms with Crippen LogP contribution in [-0.2, 0) is 52.9 Å². The predicted molar refractivity (Wildman–Crippen MR) is 375 cm³/mol. The normalized spacial score (nSPS) is 19.2. The van der Waals surface area contributed by atoms with Gasteiger partial charge in [0.25, 0.3) is 37.8 Å². The Morgan fingerprint density at radius 1 is 0.515 bits per heavy atom. The largest absolute Gasteiger partial charge is 0.369 e. The number of nitriles is 1. The van der Waals surface area contributed by atoms with E-state index in [1.807, 2.05) is 90.4 Å². The highest BCUT2D eigenvalue weighted by molar-refractivity contribution is 7.90. The Balaban J connectivity index is 0.000000175. The predicted octanol–water partition coefficient (Wildman–Crippen LogP) is 8.78. The van der Waals surface area contributed by atoms with Gasteiger partial charge in [0.15, 0.2) is 0 Å². The zero-order chi connectivity index (χ0) is 68.5. The minimum Gasteiger partial charge on any atom is -0.369 e. The van der Waals surface area contributed by atoms with Gasteiger partial charge in [0.05, 0.1) is 55.9 Å². The van der Waals surface area contributed by atoms with Crippen molar-refractivity contribution in [1.29, 1.82) is 5.26 Å². The smallest absolute Gasteiger partial charge is 0.268 e. The number of sulfonamides is 2. The average Bonchev–Trinajstić information content (AvgIpc) is 1.59. The van der Waals surface area contributed by atoms with Crippen molar-refractivity contribution in [1.82, 2.24) is 26.4 Å². The lowest BCUT2D eigenvalue weighted by molar-refractivity contribution is 0.0633. The third-order valence-electron chi connectivity index (χ3n) is 19.9. The first-order valence-corrected chi connectivity index (χ1v) is 39.2. The Hall–Kier alpha value is -8.90. The van der Waals surface area contributed by atoms with Gasteiger partial charge < -0.3 is 25.3 Å². The zero-order valence-electron chi connectivity index (χ0n) is 54.5. The number of nitrogens with zero attached hydrogens (tertiary/aromatic N) is 9. The number of benzene rings is 6. The Labute approximate surface area is 566 Å². The fourth-order valence-electron chi connectivity index (χ4n) is 14.8. The number of primary amides is 1. The lowest BCUT2D eigenvalue weighted by Crippen LogP contribution is -2.52. The van der Waals surface area contributed by atoms with Crippen LogP contribution in [0.5, 0.6) is 0 Å². The van der Waals surface area contributed by atoms with E-state index in [-0.39, 0.29) is 82.9 Å². The van der Waals surface area contributed by atoms with Gasteiger partial charge in [-0.1, -0.05) is 83.9 Å². The molecule has 0 radical (unpaired) electrons. The molecule has 6 aliphatic rings. The summed E-state index contributed by atoms with van der Waals surface area (Å²) in [5, 5.41) is 11.5. The van der Waals surface area contributed by atoms with Crippen LogP contribution in [0.25, 0.3) is 33.0 Å². The molecule has 0 bridgehead atoms. The number of anilines is 2. The Bertz CT molecular complexity index is 5110. The summed E-state index contributed by atoms with van der Waals surface area (Å²) in [5.74, 6) is -0.705. The van der Waals surface area contributed by atoms with E-state index in [1.54, 1.807) is 66.7 Å². The van der Waals surface area contributed by atoms with Gasteiger partial charge >= 0.3 is 0 Å². The van der Waals surface area contributed by atoms with Gasteiger partial charge in [-0.15, -0.1) is 0 Å². The number of fused-ring (bicyclic) bond motifs is 4. The van der Waals surface area contributed by atoms with Gasteiger partial charge in [0.2, 0.25) is 20.0 Å². The molecule has 14 rings (SSSR count). The van der Waals surface area contributed by atoms with Crippen molar-refractivity contribution in [3.8, 4) is 6.07 Å². The maximum absolute atomic E-state index is 14.6. The van der Waals surface area contributed by atoms with E-state index >= 15 is 0 Å². The van der Waals surface area contributed by atoms with Gasteiger partial charge in [0, 0.05) is 111 Å². The van der Waals surface area contributed by atoms with Crippen LogP contribution < -0.4 is 15.5 Å².